The Labute approximate surface area is 182 Å². The monoisotopic (exact) mass is 453 g/mol. The van der Waals surface area contributed by atoms with Crippen LogP contribution in [0.5, 0.6) is 5.75 Å². The van der Waals surface area contributed by atoms with Crippen LogP contribution in [-0.2, 0) is 11.0 Å². The molecule has 0 spiro atoms. The molecule has 1 heterocycles. The molecule has 0 aromatic heterocycles. The van der Waals surface area contributed by atoms with Crippen molar-refractivity contribution in [2.45, 2.75) is 12.2 Å². The standard InChI is InChI=1S/C22H23F4N3O3/c1-27-20(30)19-14-28(11-12-32-18-7-5-17(23)6-8-18)9-10-29(19)21(31)15-3-2-4-16(13-15)22(24,25)26/h2-8,13,19H,9-12,14H2,1H3,(H,27,30). The number of ether oxygens (including phenoxy) is 1. The molecule has 0 saturated carbocycles. The van der Waals surface area contributed by atoms with Crippen LogP contribution >= 0.6 is 0 Å². The van der Waals surface area contributed by atoms with Crippen LogP contribution in [-0.4, -0.2) is 67.5 Å². The normalized spacial score (nSPS) is 17.2. The van der Waals surface area contributed by atoms with Crippen molar-refractivity contribution in [2.75, 3.05) is 39.8 Å². The number of nitrogens with one attached hydrogen (secondary N) is 1. The minimum absolute atomic E-state index is 0.123. The third-order valence-corrected chi connectivity index (χ3v) is 5.20. The van der Waals surface area contributed by atoms with Gasteiger partial charge in [-0.05, 0) is 42.5 Å². The zero-order chi connectivity index (χ0) is 23.3. The number of benzene rings is 2. The molecule has 32 heavy (non-hydrogen) atoms. The lowest BCUT2D eigenvalue weighted by Crippen LogP contribution is -2.60. The molecule has 1 unspecified atom stereocenters. The number of carbonyl (C=O) groups excluding carboxylic acids is 2. The van der Waals surface area contributed by atoms with Crippen molar-refractivity contribution >= 4 is 11.8 Å². The highest BCUT2D eigenvalue weighted by Gasteiger charge is 2.36. The lowest BCUT2D eigenvalue weighted by atomic mass is 10.1. The van der Waals surface area contributed by atoms with Gasteiger partial charge in [0.1, 0.15) is 24.2 Å². The molecular weight excluding hydrogens is 430 g/mol. The predicted molar refractivity (Wildman–Crippen MR) is 109 cm³/mol. The van der Waals surface area contributed by atoms with E-state index in [2.05, 4.69) is 5.32 Å². The molecule has 1 aliphatic heterocycles. The average molecular weight is 453 g/mol. The van der Waals surface area contributed by atoms with Gasteiger partial charge in [-0.1, -0.05) is 6.07 Å². The summed E-state index contributed by atoms with van der Waals surface area (Å²) in [5.41, 5.74) is -1.04. The number of carbonyl (C=O) groups is 2. The van der Waals surface area contributed by atoms with Crippen LogP contribution < -0.4 is 10.1 Å². The highest BCUT2D eigenvalue weighted by atomic mass is 19.4. The van der Waals surface area contributed by atoms with Crippen molar-refractivity contribution in [2.24, 2.45) is 0 Å². The Bertz CT molecular complexity index is 950. The number of amides is 2. The Hall–Kier alpha value is -3.14. The molecule has 3 rings (SSSR count). The Morgan fingerprint density at radius 2 is 1.84 bits per heavy atom. The molecule has 0 aliphatic carbocycles. The van der Waals surface area contributed by atoms with Crippen LogP contribution in [0.3, 0.4) is 0 Å². The second kappa shape index (κ2) is 9.99. The van der Waals surface area contributed by atoms with Gasteiger partial charge in [-0.15, -0.1) is 0 Å². The first-order valence-corrected chi connectivity index (χ1v) is 9.99. The Kier molecular flexibility index (Phi) is 7.34. The number of nitrogens with zero attached hydrogens (tertiary/aromatic N) is 2. The summed E-state index contributed by atoms with van der Waals surface area (Å²) in [5.74, 6) is -0.902. The van der Waals surface area contributed by atoms with Crippen molar-refractivity contribution in [3.8, 4) is 5.75 Å². The molecule has 1 aliphatic rings. The maximum atomic E-state index is 13.0. The zero-order valence-corrected chi connectivity index (χ0v) is 17.4. The van der Waals surface area contributed by atoms with Gasteiger partial charge in [0.15, 0.2) is 0 Å². The van der Waals surface area contributed by atoms with E-state index in [0.717, 1.165) is 12.1 Å². The van der Waals surface area contributed by atoms with Crippen LogP contribution in [0.4, 0.5) is 17.6 Å². The van der Waals surface area contributed by atoms with Crippen LogP contribution in [0.2, 0.25) is 0 Å². The molecule has 6 nitrogen and oxygen atoms in total. The fourth-order valence-electron chi connectivity index (χ4n) is 3.49. The molecule has 1 fully saturated rings. The number of piperazine rings is 1. The predicted octanol–water partition coefficient (Wildman–Crippen LogP) is 2.80. The fraction of sp³-hybridized carbons (Fsp3) is 0.364. The van der Waals surface area contributed by atoms with Crippen molar-refractivity contribution < 1.29 is 31.9 Å². The Balaban J connectivity index is 1.66. The fourth-order valence-corrected chi connectivity index (χ4v) is 3.49. The van der Waals surface area contributed by atoms with Crippen molar-refractivity contribution in [1.29, 1.82) is 0 Å². The van der Waals surface area contributed by atoms with E-state index in [-0.39, 0.29) is 31.1 Å². The van der Waals surface area contributed by atoms with Gasteiger partial charge in [0.2, 0.25) is 5.91 Å². The van der Waals surface area contributed by atoms with Crippen LogP contribution in [0.1, 0.15) is 15.9 Å². The smallest absolute Gasteiger partial charge is 0.416 e. The highest BCUT2D eigenvalue weighted by molar-refractivity contribution is 5.98. The number of rotatable bonds is 6. The second-order valence-corrected chi connectivity index (χ2v) is 7.31. The summed E-state index contributed by atoms with van der Waals surface area (Å²) >= 11 is 0. The first-order valence-electron chi connectivity index (χ1n) is 9.99. The van der Waals surface area contributed by atoms with Gasteiger partial charge in [-0.2, -0.15) is 13.2 Å². The third-order valence-electron chi connectivity index (χ3n) is 5.20. The number of likely N-dealkylation sites (N-methyl/N-ethyl adjacent to an activating group) is 1. The minimum Gasteiger partial charge on any atom is -0.492 e. The molecule has 2 aromatic rings. The van der Waals surface area contributed by atoms with Crippen LogP contribution in [0, 0.1) is 5.82 Å². The molecule has 1 N–H and O–H groups in total. The molecule has 10 heteroatoms. The molecule has 2 amide bonds. The summed E-state index contributed by atoms with van der Waals surface area (Å²) in [7, 11) is 1.44. The van der Waals surface area contributed by atoms with E-state index in [1.165, 1.54) is 48.3 Å². The van der Waals surface area contributed by atoms with Crippen molar-refractivity contribution in [1.82, 2.24) is 15.1 Å². The molecule has 1 saturated heterocycles. The van der Waals surface area contributed by atoms with E-state index in [4.69, 9.17) is 4.74 Å². The Morgan fingerprint density at radius 1 is 1.12 bits per heavy atom. The largest absolute Gasteiger partial charge is 0.492 e. The highest BCUT2D eigenvalue weighted by Crippen LogP contribution is 2.30. The molecule has 0 radical (unpaired) electrons. The summed E-state index contributed by atoms with van der Waals surface area (Å²) in [6.07, 6.45) is -4.57. The first-order chi connectivity index (χ1) is 15.2. The summed E-state index contributed by atoms with van der Waals surface area (Å²) in [4.78, 5) is 28.6. The molecule has 0 bridgehead atoms. The number of halogens is 4. The van der Waals surface area contributed by atoms with E-state index >= 15 is 0 Å². The second-order valence-electron chi connectivity index (χ2n) is 7.31. The minimum atomic E-state index is -4.57. The van der Waals surface area contributed by atoms with E-state index in [9.17, 15) is 27.2 Å². The molecule has 2 aromatic carbocycles. The topological polar surface area (TPSA) is 61.9 Å². The van der Waals surface area contributed by atoms with E-state index in [1.54, 1.807) is 0 Å². The average Bonchev–Trinajstić information content (AvgIpc) is 2.79. The van der Waals surface area contributed by atoms with Gasteiger partial charge in [0.05, 0.1) is 5.56 Å². The van der Waals surface area contributed by atoms with Gasteiger partial charge in [-0.3, -0.25) is 14.5 Å². The number of alkyl halides is 3. The van der Waals surface area contributed by atoms with E-state index in [1.807, 2.05) is 4.90 Å². The lowest BCUT2D eigenvalue weighted by Gasteiger charge is -2.40. The van der Waals surface area contributed by atoms with Crippen molar-refractivity contribution in [3.05, 3.63) is 65.5 Å². The number of hydrogen-bond donors (Lipinski definition) is 1. The van der Waals surface area contributed by atoms with Crippen molar-refractivity contribution in [3.63, 3.8) is 0 Å². The SMILES string of the molecule is CNC(=O)C1CN(CCOc2ccc(F)cc2)CCN1C(=O)c1cccc(C(F)(F)F)c1. The quantitative estimate of drug-likeness (QED) is 0.684. The first kappa shape index (κ1) is 23.5. The van der Waals surface area contributed by atoms with Gasteiger partial charge in [-0.25, -0.2) is 4.39 Å². The van der Waals surface area contributed by atoms with E-state index < -0.39 is 29.6 Å². The third kappa shape index (κ3) is 5.76. The Morgan fingerprint density at radius 3 is 2.50 bits per heavy atom. The van der Waals surface area contributed by atoms with Gasteiger partial charge in [0, 0.05) is 38.8 Å². The molecule has 1 atom stereocenters. The number of hydrogen-bond acceptors (Lipinski definition) is 4. The maximum absolute atomic E-state index is 13.0. The molecular formula is C22H23F4N3O3. The molecule has 172 valence electrons. The van der Waals surface area contributed by atoms with E-state index in [0.29, 0.717) is 18.8 Å². The maximum Gasteiger partial charge on any atom is 0.416 e. The summed E-state index contributed by atoms with van der Waals surface area (Å²) in [5, 5.41) is 2.51. The van der Waals surface area contributed by atoms with Crippen LogP contribution in [0.15, 0.2) is 48.5 Å². The summed E-state index contributed by atoms with van der Waals surface area (Å²) < 4.78 is 57.6. The van der Waals surface area contributed by atoms with Gasteiger partial charge < -0.3 is 15.0 Å². The summed E-state index contributed by atoms with van der Waals surface area (Å²) in [6.45, 7) is 1.54. The zero-order valence-electron chi connectivity index (χ0n) is 17.4. The van der Waals surface area contributed by atoms with Crippen LogP contribution in [0.25, 0.3) is 0 Å². The van der Waals surface area contributed by atoms with Gasteiger partial charge in [0.25, 0.3) is 5.91 Å². The lowest BCUT2D eigenvalue weighted by molar-refractivity contribution is -0.137. The summed E-state index contributed by atoms with van der Waals surface area (Å²) in [6, 6.07) is 8.90. The van der Waals surface area contributed by atoms with Gasteiger partial charge >= 0.3 is 6.18 Å².